The number of nitro benzene ring substituents is 1. The highest BCUT2D eigenvalue weighted by molar-refractivity contribution is 6.36. The van der Waals surface area contributed by atoms with Gasteiger partial charge in [0.1, 0.15) is 5.56 Å². The zero-order chi connectivity index (χ0) is 17.9. The Morgan fingerprint density at radius 1 is 1.00 bits per heavy atom. The van der Waals surface area contributed by atoms with Gasteiger partial charge < -0.3 is 4.74 Å². The number of ketones is 1. The molecule has 0 heterocycles. The molecule has 2 aromatic rings. The quantitative estimate of drug-likeness (QED) is 0.323. The van der Waals surface area contributed by atoms with Crippen LogP contribution in [0.5, 0.6) is 0 Å². The molecule has 6 nitrogen and oxygen atoms in total. The molecule has 2 rings (SSSR count). The first-order valence-electron chi connectivity index (χ1n) is 6.39. The van der Waals surface area contributed by atoms with Crippen molar-refractivity contribution < 1.29 is 19.2 Å². The second kappa shape index (κ2) is 7.61. The van der Waals surface area contributed by atoms with Crippen LogP contribution < -0.4 is 0 Å². The third kappa shape index (κ3) is 4.23. The van der Waals surface area contributed by atoms with E-state index in [2.05, 4.69) is 0 Å². The lowest BCUT2D eigenvalue weighted by molar-refractivity contribution is -0.385. The molecule has 0 aliphatic heterocycles. The Hall–Kier alpha value is -2.15. The van der Waals surface area contributed by atoms with Gasteiger partial charge in [-0.2, -0.15) is 0 Å². The van der Waals surface area contributed by atoms with Crippen molar-refractivity contribution in [2.24, 2.45) is 0 Å². The van der Waals surface area contributed by atoms with E-state index in [-0.39, 0.29) is 21.2 Å². The van der Waals surface area contributed by atoms with Crippen molar-refractivity contribution in [1.29, 1.82) is 0 Å². The minimum absolute atomic E-state index is 0.0993. The Morgan fingerprint density at radius 2 is 1.58 bits per heavy atom. The van der Waals surface area contributed by atoms with Gasteiger partial charge in [0, 0.05) is 21.7 Å². The van der Waals surface area contributed by atoms with Crippen LogP contribution in [-0.2, 0) is 4.74 Å². The largest absolute Gasteiger partial charge is 0.454 e. The molecule has 0 atom stereocenters. The molecule has 0 bridgehead atoms. The summed E-state index contributed by atoms with van der Waals surface area (Å²) in [5, 5.41) is 11.5. The SMILES string of the molecule is O=C(COC(=O)c1ccc(Cl)cc1[N+](=O)[O-])c1ccc(Cl)cc1Cl. The number of rotatable bonds is 5. The van der Waals surface area contributed by atoms with E-state index in [1.54, 1.807) is 0 Å². The first-order chi connectivity index (χ1) is 11.3. The zero-order valence-corrected chi connectivity index (χ0v) is 14.1. The molecule has 0 spiro atoms. The predicted octanol–water partition coefficient (Wildman–Crippen LogP) is 4.59. The molecule has 2 aromatic carbocycles. The van der Waals surface area contributed by atoms with Crippen molar-refractivity contribution in [3.8, 4) is 0 Å². The number of nitro groups is 1. The molecule has 9 heteroatoms. The van der Waals surface area contributed by atoms with Crippen molar-refractivity contribution in [3.05, 3.63) is 72.7 Å². The molecule has 0 amide bonds. The van der Waals surface area contributed by atoms with E-state index in [0.717, 1.165) is 12.1 Å². The van der Waals surface area contributed by atoms with Crippen LogP contribution in [0.15, 0.2) is 36.4 Å². The van der Waals surface area contributed by atoms with E-state index in [0.29, 0.717) is 5.02 Å². The number of carbonyl (C=O) groups excluding carboxylic acids is 2. The highest BCUT2D eigenvalue weighted by atomic mass is 35.5. The van der Waals surface area contributed by atoms with Crippen LogP contribution in [0.4, 0.5) is 5.69 Å². The second-order valence-corrected chi connectivity index (χ2v) is 5.82. The van der Waals surface area contributed by atoms with Crippen LogP contribution in [0.25, 0.3) is 0 Å². The molecule has 124 valence electrons. The molecule has 0 aliphatic rings. The van der Waals surface area contributed by atoms with Gasteiger partial charge in [0.25, 0.3) is 5.69 Å². The summed E-state index contributed by atoms with van der Waals surface area (Å²) in [6, 6.07) is 7.72. The fourth-order valence-electron chi connectivity index (χ4n) is 1.83. The van der Waals surface area contributed by atoms with Gasteiger partial charge in [-0.15, -0.1) is 0 Å². The summed E-state index contributed by atoms with van der Waals surface area (Å²) in [4.78, 5) is 34.2. The summed E-state index contributed by atoms with van der Waals surface area (Å²) in [6.07, 6.45) is 0. The molecule has 0 fully saturated rings. The molecule has 0 saturated carbocycles. The van der Waals surface area contributed by atoms with E-state index in [1.807, 2.05) is 0 Å². The fourth-order valence-corrected chi connectivity index (χ4v) is 2.51. The van der Waals surface area contributed by atoms with Gasteiger partial charge >= 0.3 is 5.97 Å². The van der Waals surface area contributed by atoms with Crippen LogP contribution >= 0.6 is 34.8 Å². The Kier molecular flexibility index (Phi) is 5.77. The fraction of sp³-hybridized carbons (Fsp3) is 0.0667. The third-order valence-electron chi connectivity index (χ3n) is 2.94. The molecule has 0 aliphatic carbocycles. The minimum atomic E-state index is -1.02. The number of esters is 1. The van der Waals surface area contributed by atoms with Crippen molar-refractivity contribution in [2.45, 2.75) is 0 Å². The first-order valence-corrected chi connectivity index (χ1v) is 7.52. The number of benzene rings is 2. The van der Waals surface area contributed by atoms with E-state index < -0.39 is 29.0 Å². The number of carbonyl (C=O) groups is 2. The Bertz CT molecular complexity index is 838. The van der Waals surface area contributed by atoms with Crippen molar-refractivity contribution in [2.75, 3.05) is 6.61 Å². The van der Waals surface area contributed by atoms with Gasteiger partial charge in [0.2, 0.25) is 5.78 Å². The van der Waals surface area contributed by atoms with Gasteiger partial charge in [-0.05, 0) is 30.3 Å². The number of Topliss-reactive ketones (excluding diaryl/α,β-unsaturated/α-hetero) is 1. The molecular formula is C15H8Cl3NO5. The molecule has 0 saturated heterocycles. The van der Waals surface area contributed by atoms with Crippen LogP contribution in [0, 0.1) is 10.1 Å². The molecule has 0 unspecified atom stereocenters. The van der Waals surface area contributed by atoms with Crippen molar-refractivity contribution in [1.82, 2.24) is 0 Å². The minimum Gasteiger partial charge on any atom is -0.454 e. The number of halogens is 3. The van der Waals surface area contributed by atoms with Crippen LogP contribution in [0.1, 0.15) is 20.7 Å². The van der Waals surface area contributed by atoms with Gasteiger partial charge in [0.15, 0.2) is 6.61 Å². The second-order valence-electron chi connectivity index (χ2n) is 4.54. The van der Waals surface area contributed by atoms with Crippen LogP contribution in [-0.4, -0.2) is 23.3 Å². The van der Waals surface area contributed by atoms with Gasteiger partial charge in [0.05, 0.1) is 9.95 Å². The maximum absolute atomic E-state index is 12.0. The number of hydrogen-bond donors (Lipinski definition) is 0. The average molecular weight is 389 g/mol. The van der Waals surface area contributed by atoms with Crippen LogP contribution in [0.2, 0.25) is 15.1 Å². The van der Waals surface area contributed by atoms with Crippen LogP contribution in [0.3, 0.4) is 0 Å². The zero-order valence-electron chi connectivity index (χ0n) is 11.8. The maximum atomic E-state index is 12.0. The van der Waals surface area contributed by atoms with E-state index in [4.69, 9.17) is 39.5 Å². The molecule has 24 heavy (non-hydrogen) atoms. The molecule has 0 N–H and O–H groups in total. The van der Waals surface area contributed by atoms with Crippen molar-refractivity contribution in [3.63, 3.8) is 0 Å². The lowest BCUT2D eigenvalue weighted by Crippen LogP contribution is -2.15. The summed E-state index contributed by atoms with van der Waals surface area (Å²) < 4.78 is 4.83. The monoisotopic (exact) mass is 387 g/mol. The van der Waals surface area contributed by atoms with E-state index in [9.17, 15) is 19.7 Å². The highest BCUT2D eigenvalue weighted by Crippen LogP contribution is 2.24. The van der Waals surface area contributed by atoms with Crippen molar-refractivity contribution >= 4 is 52.2 Å². The summed E-state index contributed by atoms with van der Waals surface area (Å²) >= 11 is 17.3. The third-order valence-corrected chi connectivity index (χ3v) is 3.73. The lowest BCUT2D eigenvalue weighted by atomic mass is 10.1. The number of nitrogens with zero attached hydrogens (tertiary/aromatic N) is 1. The maximum Gasteiger partial charge on any atom is 0.345 e. The topological polar surface area (TPSA) is 86.5 Å². The molecule has 0 radical (unpaired) electrons. The van der Waals surface area contributed by atoms with Gasteiger partial charge in [-0.25, -0.2) is 4.79 Å². The summed E-state index contributed by atoms with van der Waals surface area (Å²) in [6.45, 7) is -0.625. The highest BCUT2D eigenvalue weighted by Gasteiger charge is 2.23. The standard InChI is InChI=1S/C15H8Cl3NO5/c16-8-1-3-10(12(18)5-8)14(20)7-24-15(21)11-4-2-9(17)6-13(11)19(22)23/h1-6H,7H2. The summed E-state index contributed by atoms with van der Waals surface area (Å²) in [5.74, 6) is -1.58. The predicted molar refractivity (Wildman–Crippen MR) is 89.2 cm³/mol. The number of hydrogen-bond acceptors (Lipinski definition) is 5. The van der Waals surface area contributed by atoms with E-state index in [1.165, 1.54) is 24.3 Å². The molecular weight excluding hydrogens is 381 g/mol. The lowest BCUT2D eigenvalue weighted by Gasteiger charge is -2.07. The Labute approximate surface area is 151 Å². The Balaban J connectivity index is 2.13. The molecule has 0 aromatic heterocycles. The number of ether oxygens (including phenoxy) is 1. The Morgan fingerprint density at radius 3 is 2.17 bits per heavy atom. The van der Waals surface area contributed by atoms with Gasteiger partial charge in [-0.1, -0.05) is 34.8 Å². The summed E-state index contributed by atoms with van der Waals surface area (Å²) in [7, 11) is 0. The average Bonchev–Trinajstić information content (AvgIpc) is 2.52. The first kappa shape index (κ1) is 18.2. The summed E-state index contributed by atoms with van der Waals surface area (Å²) in [5.41, 5.74) is -0.691. The normalized spacial score (nSPS) is 10.3. The van der Waals surface area contributed by atoms with E-state index >= 15 is 0 Å². The smallest absolute Gasteiger partial charge is 0.345 e. The van der Waals surface area contributed by atoms with Gasteiger partial charge in [-0.3, -0.25) is 14.9 Å².